The molecule has 0 saturated carbocycles. The topological polar surface area (TPSA) is 128 Å². The van der Waals surface area contributed by atoms with E-state index in [9.17, 15) is 14.4 Å². The molecule has 3 aromatic rings. The molecule has 0 bridgehead atoms. The van der Waals surface area contributed by atoms with Crippen molar-refractivity contribution in [2.45, 2.75) is 57.5 Å². The summed E-state index contributed by atoms with van der Waals surface area (Å²) in [5.41, 5.74) is 2.91. The summed E-state index contributed by atoms with van der Waals surface area (Å²) in [6.45, 7) is 4.63. The number of H-pyrrole nitrogens is 1. The van der Waals surface area contributed by atoms with Gasteiger partial charge in [-0.05, 0) is 68.7 Å². The number of imidazole rings is 1. The summed E-state index contributed by atoms with van der Waals surface area (Å²) in [6.07, 6.45) is 8.08. The maximum atomic E-state index is 13.8. The number of benzene rings is 2. The molecule has 3 aliphatic rings. The molecule has 1 aromatic heterocycles. The number of nitrogens with zero attached hydrogens (tertiary/aromatic N) is 2. The quantitative estimate of drug-likeness (QED) is 0.333. The second-order valence-electron chi connectivity index (χ2n) is 12.5. The minimum absolute atomic E-state index is 0.0517. The van der Waals surface area contributed by atoms with Crippen LogP contribution in [0.3, 0.4) is 0 Å². The van der Waals surface area contributed by atoms with Crippen LogP contribution in [0.2, 0.25) is 0 Å². The Morgan fingerprint density at radius 3 is 2.73 bits per heavy atom. The largest absolute Gasteiger partial charge is 0.381 e. The molecule has 1 spiro atoms. The smallest absolute Gasteiger partial charge is 0.243 e. The predicted molar refractivity (Wildman–Crippen MR) is 169 cm³/mol. The van der Waals surface area contributed by atoms with Gasteiger partial charge in [0, 0.05) is 44.5 Å². The molecule has 2 saturated heterocycles. The minimum atomic E-state index is -0.673. The molecule has 2 aromatic carbocycles. The van der Waals surface area contributed by atoms with E-state index in [0.717, 1.165) is 41.0 Å². The number of ether oxygens (including phenoxy) is 1. The van der Waals surface area contributed by atoms with Crippen molar-refractivity contribution in [2.24, 2.45) is 11.3 Å². The molecule has 44 heavy (non-hydrogen) atoms. The molecule has 0 radical (unpaired) electrons. The van der Waals surface area contributed by atoms with Crippen molar-refractivity contribution in [2.75, 3.05) is 38.2 Å². The van der Waals surface area contributed by atoms with Crippen molar-refractivity contribution < 1.29 is 19.1 Å². The van der Waals surface area contributed by atoms with Gasteiger partial charge in [-0.2, -0.15) is 0 Å². The number of piperidine rings is 1. The van der Waals surface area contributed by atoms with Crippen LogP contribution in [0.4, 0.5) is 5.69 Å². The molecule has 0 aliphatic carbocycles. The van der Waals surface area contributed by atoms with Crippen LogP contribution in [0.1, 0.15) is 43.5 Å². The summed E-state index contributed by atoms with van der Waals surface area (Å²) in [4.78, 5) is 50.4. The van der Waals surface area contributed by atoms with Gasteiger partial charge in [-0.15, -0.1) is 0 Å². The van der Waals surface area contributed by atoms with E-state index in [1.165, 1.54) is 0 Å². The van der Waals surface area contributed by atoms with Crippen molar-refractivity contribution in [3.63, 3.8) is 0 Å². The zero-order valence-corrected chi connectivity index (χ0v) is 25.3. The number of carbonyl (C=O) groups is 3. The van der Waals surface area contributed by atoms with Gasteiger partial charge in [0.15, 0.2) is 0 Å². The van der Waals surface area contributed by atoms with Gasteiger partial charge in [0.05, 0.1) is 23.0 Å². The lowest BCUT2D eigenvalue weighted by atomic mass is 9.75. The average Bonchev–Trinajstić information content (AvgIpc) is 3.39. The lowest BCUT2D eigenvalue weighted by Crippen LogP contribution is -2.58. The maximum absolute atomic E-state index is 13.8. The zero-order valence-electron chi connectivity index (χ0n) is 25.3. The molecule has 232 valence electrons. The fraction of sp³-hybridized carbons (Fsp3) is 0.471. The molecule has 4 N–H and O–H groups in total. The fourth-order valence-corrected chi connectivity index (χ4v) is 6.82. The van der Waals surface area contributed by atoms with E-state index in [1.807, 2.05) is 55.5 Å². The van der Waals surface area contributed by atoms with Crippen molar-refractivity contribution in [1.82, 2.24) is 25.5 Å². The van der Waals surface area contributed by atoms with Crippen LogP contribution in [0, 0.1) is 18.3 Å². The first-order chi connectivity index (χ1) is 21.4. The van der Waals surface area contributed by atoms with Gasteiger partial charge in [0.2, 0.25) is 17.7 Å². The predicted octanol–water partition coefficient (Wildman–Crippen LogP) is 3.49. The number of aryl methyl sites for hydroxylation is 1. The summed E-state index contributed by atoms with van der Waals surface area (Å²) < 4.78 is 5.61. The third kappa shape index (κ3) is 7.03. The number of anilines is 1. The van der Waals surface area contributed by atoms with Gasteiger partial charge in [-0.25, -0.2) is 4.98 Å². The molecule has 3 atom stereocenters. The Morgan fingerprint density at radius 1 is 1.09 bits per heavy atom. The first kappa shape index (κ1) is 30.0. The van der Waals surface area contributed by atoms with Crippen LogP contribution in [-0.2, 0) is 25.5 Å². The lowest BCUT2D eigenvalue weighted by molar-refractivity contribution is -0.140. The molecule has 10 nitrogen and oxygen atoms in total. The number of allylic oxidation sites excluding steroid dienone is 2. The number of hydrogen-bond acceptors (Lipinski definition) is 6. The number of fused-ring (bicyclic) bond motifs is 2. The Labute approximate surface area is 258 Å². The van der Waals surface area contributed by atoms with E-state index in [0.29, 0.717) is 52.0 Å². The van der Waals surface area contributed by atoms with E-state index in [1.54, 1.807) is 0 Å². The monoisotopic (exact) mass is 598 g/mol. The standard InChI is InChI=1S/C34H42N6O4/c1-23-35-28-11-10-26(20-29(28)36-23)37-31(41)22-40-16-12-27-25(21-40)9-5-6-13-34(14-17-44-18-15-34)33(43)39-30(32(42)38-27)19-24-7-3-2-4-8-24/h2-8,10-11,20,25,27,30H,9,12-19,21-22H2,1H3,(H,35,36)(H,37,41)(H,38,42)(H,39,43)/b6-5+/t25-,27+,30-/m1/s1. The number of hydrogen-bond donors (Lipinski definition) is 4. The molecule has 6 rings (SSSR count). The van der Waals surface area contributed by atoms with Crippen LogP contribution < -0.4 is 16.0 Å². The van der Waals surface area contributed by atoms with Crippen molar-refractivity contribution in [3.8, 4) is 0 Å². The Morgan fingerprint density at radius 2 is 1.91 bits per heavy atom. The minimum Gasteiger partial charge on any atom is -0.381 e. The molecular weight excluding hydrogens is 556 g/mol. The highest BCUT2D eigenvalue weighted by Gasteiger charge is 2.41. The molecule has 2 fully saturated rings. The molecule has 0 unspecified atom stereocenters. The van der Waals surface area contributed by atoms with Gasteiger partial charge >= 0.3 is 0 Å². The van der Waals surface area contributed by atoms with Gasteiger partial charge in [0.25, 0.3) is 0 Å². The van der Waals surface area contributed by atoms with E-state index in [2.05, 4.69) is 43.0 Å². The van der Waals surface area contributed by atoms with Crippen LogP contribution in [0.25, 0.3) is 11.0 Å². The van der Waals surface area contributed by atoms with Crippen molar-refractivity contribution in [3.05, 3.63) is 72.1 Å². The summed E-state index contributed by atoms with van der Waals surface area (Å²) in [5, 5.41) is 9.48. The third-order valence-corrected chi connectivity index (χ3v) is 9.35. The Kier molecular flexibility index (Phi) is 9.09. The highest BCUT2D eigenvalue weighted by atomic mass is 16.5. The van der Waals surface area contributed by atoms with Crippen LogP contribution in [-0.4, -0.2) is 77.5 Å². The number of amides is 3. The first-order valence-electron chi connectivity index (χ1n) is 15.7. The van der Waals surface area contributed by atoms with Gasteiger partial charge in [-0.1, -0.05) is 42.5 Å². The van der Waals surface area contributed by atoms with E-state index in [-0.39, 0.29) is 36.2 Å². The second kappa shape index (κ2) is 13.3. The highest BCUT2D eigenvalue weighted by molar-refractivity contribution is 5.94. The summed E-state index contributed by atoms with van der Waals surface area (Å²) in [7, 11) is 0. The molecular formula is C34H42N6O4. The number of likely N-dealkylation sites (tertiary alicyclic amines) is 1. The molecule has 10 heteroatoms. The number of aromatic nitrogens is 2. The summed E-state index contributed by atoms with van der Waals surface area (Å²) in [5.74, 6) is 0.681. The molecule has 3 aliphatic heterocycles. The van der Waals surface area contributed by atoms with Crippen LogP contribution >= 0.6 is 0 Å². The van der Waals surface area contributed by atoms with Gasteiger partial charge in [-0.3, -0.25) is 19.3 Å². The van der Waals surface area contributed by atoms with E-state index in [4.69, 9.17) is 4.74 Å². The highest BCUT2D eigenvalue weighted by Crippen LogP contribution is 2.36. The molecule has 4 heterocycles. The Bertz CT molecular complexity index is 1510. The fourth-order valence-electron chi connectivity index (χ4n) is 6.82. The van der Waals surface area contributed by atoms with Crippen molar-refractivity contribution >= 4 is 34.4 Å². The Balaban J connectivity index is 1.16. The normalized spacial score (nSPS) is 25.2. The number of aromatic amines is 1. The van der Waals surface area contributed by atoms with Crippen molar-refractivity contribution in [1.29, 1.82) is 0 Å². The first-order valence-corrected chi connectivity index (χ1v) is 15.7. The molecule has 3 amide bonds. The Hall–Kier alpha value is -4.02. The summed E-state index contributed by atoms with van der Waals surface area (Å²) in [6, 6.07) is 14.8. The number of rotatable bonds is 5. The van der Waals surface area contributed by atoms with E-state index < -0.39 is 11.5 Å². The maximum Gasteiger partial charge on any atom is 0.243 e. The number of nitrogens with one attached hydrogen (secondary N) is 4. The second-order valence-corrected chi connectivity index (χ2v) is 12.5. The summed E-state index contributed by atoms with van der Waals surface area (Å²) >= 11 is 0. The third-order valence-electron chi connectivity index (χ3n) is 9.35. The van der Waals surface area contributed by atoms with E-state index >= 15 is 0 Å². The van der Waals surface area contributed by atoms with Gasteiger partial charge in [0.1, 0.15) is 11.9 Å². The average molecular weight is 599 g/mol. The number of carbonyl (C=O) groups excluding carboxylic acids is 3. The lowest BCUT2D eigenvalue weighted by Gasteiger charge is -2.40. The van der Waals surface area contributed by atoms with Gasteiger partial charge < -0.3 is 25.7 Å². The van der Waals surface area contributed by atoms with Crippen LogP contribution in [0.5, 0.6) is 0 Å². The zero-order chi connectivity index (χ0) is 30.5. The van der Waals surface area contributed by atoms with Crippen LogP contribution in [0.15, 0.2) is 60.7 Å². The SMILES string of the molecule is Cc1nc2ccc(NC(=O)CN3CC[C@@H]4NC(=O)[C@@H](Cc5ccccc5)NC(=O)C5(C/C=C/C[C@@H]4C3)CCOCC5)cc2[nH]1.